The Bertz CT molecular complexity index is 777. The van der Waals surface area contributed by atoms with Crippen LogP contribution >= 0.6 is 11.6 Å². The van der Waals surface area contributed by atoms with E-state index >= 15 is 0 Å². The lowest BCUT2D eigenvalue weighted by molar-refractivity contribution is -0.140. The van der Waals surface area contributed by atoms with E-state index in [0.717, 1.165) is 6.92 Å². The fourth-order valence-electron chi connectivity index (χ4n) is 1.90. The van der Waals surface area contributed by atoms with Crippen molar-refractivity contribution in [1.29, 1.82) is 0 Å². The van der Waals surface area contributed by atoms with Gasteiger partial charge in [0.15, 0.2) is 0 Å². The van der Waals surface area contributed by atoms with E-state index < -0.39 is 11.8 Å². The highest BCUT2D eigenvalue weighted by Gasteiger charge is 2.20. The van der Waals surface area contributed by atoms with Gasteiger partial charge in [-0.1, -0.05) is 28.9 Å². The Balaban J connectivity index is 2.64. The second-order valence-electron chi connectivity index (χ2n) is 4.48. The molecule has 0 fully saturated rings. The summed E-state index contributed by atoms with van der Waals surface area (Å²) >= 11 is 6.00. The third-order valence-corrected chi connectivity index (χ3v) is 3.32. The number of carbonyl (C=O) groups excluding carboxylic acids is 1. The number of benzene rings is 2. The number of rotatable bonds is 4. The van der Waals surface area contributed by atoms with Gasteiger partial charge in [-0.25, -0.2) is 9.18 Å². The van der Waals surface area contributed by atoms with Gasteiger partial charge in [-0.2, -0.15) is 0 Å². The maximum Gasteiger partial charge on any atom is 0.332 e. The number of aromatic hydroxyl groups is 1. The van der Waals surface area contributed by atoms with Crippen molar-refractivity contribution < 1.29 is 23.9 Å². The van der Waals surface area contributed by atoms with Gasteiger partial charge in [-0.3, -0.25) is 0 Å². The van der Waals surface area contributed by atoms with Crippen molar-refractivity contribution >= 4 is 23.3 Å². The molecule has 120 valence electrons. The Kier molecular flexibility index (Phi) is 5.18. The minimum absolute atomic E-state index is 0.0466. The number of carbonyl (C=O) groups is 1. The second kappa shape index (κ2) is 7.11. The number of ether oxygens (including phenoxy) is 1. The average Bonchev–Trinajstić information content (AvgIpc) is 2.52. The molecule has 2 aromatic carbocycles. The van der Waals surface area contributed by atoms with E-state index in [9.17, 15) is 14.3 Å². The molecule has 0 spiro atoms. The van der Waals surface area contributed by atoms with Gasteiger partial charge in [0, 0.05) is 18.1 Å². The molecule has 7 heteroatoms. The zero-order chi connectivity index (χ0) is 17.0. The Labute approximate surface area is 136 Å². The van der Waals surface area contributed by atoms with Crippen molar-refractivity contribution in [3.8, 4) is 11.5 Å². The topological polar surface area (TPSA) is 68.1 Å². The monoisotopic (exact) mass is 337 g/mol. The summed E-state index contributed by atoms with van der Waals surface area (Å²) in [6, 6.07) is 8.68. The summed E-state index contributed by atoms with van der Waals surface area (Å²) in [4.78, 5) is 15.6. The summed E-state index contributed by atoms with van der Waals surface area (Å²) in [6.07, 6.45) is 0. The van der Waals surface area contributed by atoms with E-state index in [0.29, 0.717) is 0 Å². The van der Waals surface area contributed by atoms with Crippen LogP contribution in [-0.4, -0.2) is 23.9 Å². The summed E-state index contributed by atoms with van der Waals surface area (Å²) in [5.41, 5.74) is 0.0767. The predicted molar refractivity (Wildman–Crippen MR) is 83.5 cm³/mol. The third-order valence-electron chi connectivity index (χ3n) is 2.95. The Morgan fingerprint density at radius 1 is 1.22 bits per heavy atom. The lowest BCUT2D eigenvalue weighted by Gasteiger charge is -2.12. The van der Waals surface area contributed by atoms with Gasteiger partial charge in [0.1, 0.15) is 28.1 Å². The molecule has 0 aromatic heterocycles. The number of halogens is 2. The van der Waals surface area contributed by atoms with Crippen molar-refractivity contribution in [3.05, 3.63) is 58.4 Å². The summed E-state index contributed by atoms with van der Waals surface area (Å²) in [5, 5.41) is 13.8. The second-order valence-corrected chi connectivity index (χ2v) is 4.86. The molecule has 0 aliphatic heterocycles. The molecule has 0 bridgehead atoms. The first-order valence-corrected chi connectivity index (χ1v) is 6.89. The zero-order valence-electron chi connectivity index (χ0n) is 12.3. The molecule has 0 unspecified atom stereocenters. The molecule has 0 atom stereocenters. The van der Waals surface area contributed by atoms with Gasteiger partial charge in [-0.15, -0.1) is 0 Å². The highest BCUT2D eigenvalue weighted by atomic mass is 35.5. The first-order chi connectivity index (χ1) is 11.0. The Morgan fingerprint density at radius 3 is 2.52 bits per heavy atom. The zero-order valence-corrected chi connectivity index (χ0v) is 13.1. The van der Waals surface area contributed by atoms with Gasteiger partial charge in [0.05, 0.1) is 7.11 Å². The number of nitrogens with zero attached hydrogens (tertiary/aromatic N) is 1. The first kappa shape index (κ1) is 16.8. The molecular formula is C16H13ClFNO4. The Hall–Kier alpha value is -2.60. The Morgan fingerprint density at radius 2 is 1.91 bits per heavy atom. The van der Waals surface area contributed by atoms with Crippen molar-refractivity contribution in [3.63, 3.8) is 0 Å². The van der Waals surface area contributed by atoms with Crippen LogP contribution in [0.5, 0.6) is 11.5 Å². The molecule has 0 aliphatic rings. The van der Waals surface area contributed by atoms with Gasteiger partial charge < -0.3 is 14.7 Å². The molecule has 0 saturated carbocycles. The van der Waals surface area contributed by atoms with Crippen LogP contribution in [0.3, 0.4) is 0 Å². The molecule has 0 aliphatic carbocycles. The molecule has 2 rings (SSSR count). The lowest BCUT2D eigenvalue weighted by atomic mass is 10.0. The highest BCUT2D eigenvalue weighted by Crippen LogP contribution is 2.37. The minimum atomic E-state index is -0.682. The fraction of sp³-hybridized carbons (Fsp3) is 0.125. The number of phenolic OH excluding ortho intramolecular Hbond substituents is 1. The van der Waals surface area contributed by atoms with Crippen LogP contribution in [0.1, 0.15) is 18.1 Å². The largest absolute Gasteiger partial charge is 0.506 e. The average molecular weight is 338 g/mol. The van der Waals surface area contributed by atoms with Crippen LogP contribution in [0, 0.1) is 5.82 Å². The molecular weight excluding hydrogens is 325 g/mol. The molecule has 0 radical (unpaired) electrons. The van der Waals surface area contributed by atoms with Crippen molar-refractivity contribution in [2.45, 2.75) is 6.92 Å². The van der Waals surface area contributed by atoms with Crippen LogP contribution in [0.15, 0.2) is 41.6 Å². The van der Waals surface area contributed by atoms with E-state index in [-0.39, 0.29) is 33.4 Å². The maximum absolute atomic E-state index is 14.1. The molecule has 5 nitrogen and oxygen atoms in total. The first-order valence-electron chi connectivity index (χ1n) is 6.52. The van der Waals surface area contributed by atoms with Crippen LogP contribution in [-0.2, 0) is 9.63 Å². The van der Waals surface area contributed by atoms with E-state index in [1.165, 1.54) is 37.4 Å². The summed E-state index contributed by atoms with van der Waals surface area (Å²) in [5.74, 6) is -1.39. The SMILES string of the molecule is COc1ccc(C(=NOC(C)=O)c2ccccc2F)c(O)c1Cl. The van der Waals surface area contributed by atoms with Gasteiger partial charge in [0.25, 0.3) is 0 Å². The van der Waals surface area contributed by atoms with E-state index in [1.54, 1.807) is 6.07 Å². The smallest absolute Gasteiger partial charge is 0.332 e. The highest BCUT2D eigenvalue weighted by molar-refractivity contribution is 6.34. The number of oxime groups is 1. The minimum Gasteiger partial charge on any atom is -0.506 e. The molecule has 1 N–H and O–H groups in total. The fourth-order valence-corrected chi connectivity index (χ4v) is 2.14. The van der Waals surface area contributed by atoms with E-state index in [4.69, 9.17) is 16.3 Å². The van der Waals surface area contributed by atoms with Gasteiger partial charge >= 0.3 is 5.97 Å². The predicted octanol–water partition coefficient (Wildman–Crippen LogP) is 3.51. The van der Waals surface area contributed by atoms with Crippen molar-refractivity contribution in [1.82, 2.24) is 0 Å². The number of hydrogen-bond donors (Lipinski definition) is 1. The number of hydrogen-bond acceptors (Lipinski definition) is 5. The number of phenols is 1. The van der Waals surface area contributed by atoms with Crippen LogP contribution in [0.25, 0.3) is 0 Å². The van der Waals surface area contributed by atoms with Crippen molar-refractivity contribution in [2.75, 3.05) is 7.11 Å². The molecule has 0 amide bonds. The quantitative estimate of drug-likeness (QED) is 0.526. The molecule has 0 saturated heterocycles. The molecule has 0 heterocycles. The van der Waals surface area contributed by atoms with Gasteiger partial charge in [-0.05, 0) is 24.3 Å². The summed E-state index contributed by atoms with van der Waals surface area (Å²) in [7, 11) is 1.39. The van der Waals surface area contributed by atoms with E-state index in [2.05, 4.69) is 9.99 Å². The van der Waals surface area contributed by atoms with Crippen molar-refractivity contribution in [2.24, 2.45) is 5.16 Å². The molecule has 2 aromatic rings. The standard InChI is InChI=1S/C16H13ClFNO4/c1-9(20)23-19-15(10-5-3-4-6-12(10)18)11-7-8-13(22-2)14(17)16(11)21/h3-8,21H,1-2H3. The lowest BCUT2D eigenvalue weighted by Crippen LogP contribution is -2.09. The van der Waals surface area contributed by atoms with E-state index in [1.807, 2.05) is 0 Å². The molecule has 23 heavy (non-hydrogen) atoms. The third kappa shape index (κ3) is 3.60. The van der Waals surface area contributed by atoms with Crippen LogP contribution in [0.2, 0.25) is 5.02 Å². The summed E-state index contributed by atoms with van der Waals surface area (Å²) < 4.78 is 19.1. The van der Waals surface area contributed by atoms with Crippen LogP contribution < -0.4 is 4.74 Å². The normalized spacial score (nSPS) is 11.2. The maximum atomic E-state index is 14.1. The van der Waals surface area contributed by atoms with Crippen LogP contribution in [0.4, 0.5) is 4.39 Å². The van der Waals surface area contributed by atoms with Gasteiger partial charge in [0.2, 0.25) is 0 Å². The summed E-state index contributed by atoms with van der Waals surface area (Å²) in [6.45, 7) is 1.16. The number of methoxy groups -OCH3 is 1.